The number of rotatable bonds is 4. The van der Waals surface area contributed by atoms with Crippen LogP contribution in [-0.2, 0) is 11.3 Å². The Morgan fingerprint density at radius 1 is 1.69 bits per heavy atom. The number of aliphatic hydroxyl groups is 1. The number of ether oxygens (including phenoxy) is 1. The van der Waals surface area contributed by atoms with E-state index in [1.54, 1.807) is 6.07 Å². The highest BCUT2D eigenvalue weighted by atomic mass is 16.5. The molecular weight excluding hydrogens is 210 g/mol. The Morgan fingerprint density at radius 3 is 3.06 bits per heavy atom. The molecule has 0 atom stereocenters. The van der Waals surface area contributed by atoms with Crippen molar-refractivity contribution >= 4 is 5.97 Å². The molecule has 0 aromatic carbocycles. The van der Waals surface area contributed by atoms with E-state index >= 15 is 0 Å². The Labute approximate surface area is 93.6 Å². The molecule has 1 aliphatic rings. The summed E-state index contributed by atoms with van der Waals surface area (Å²) in [5, 5.41) is 8.89. The lowest BCUT2D eigenvalue weighted by molar-refractivity contribution is 0.0453. The van der Waals surface area contributed by atoms with Crippen molar-refractivity contribution in [1.29, 1.82) is 0 Å². The molecule has 16 heavy (non-hydrogen) atoms. The molecule has 0 unspecified atom stereocenters. The van der Waals surface area contributed by atoms with Gasteiger partial charge in [0.05, 0.1) is 13.4 Å². The van der Waals surface area contributed by atoms with Gasteiger partial charge in [0, 0.05) is 37.7 Å². The van der Waals surface area contributed by atoms with Gasteiger partial charge in [0.2, 0.25) is 5.76 Å². The number of carbonyl (C=O) groups excluding carboxylic acids is 1. The highest BCUT2D eigenvalue weighted by molar-refractivity contribution is 5.87. The number of likely N-dealkylation sites (tertiary alicyclic amines) is 1. The average Bonchev–Trinajstić information content (AvgIpc) is 2.69. The van der Waals surface area contributed by atoms with E-state index < -0.39 is 5.97 Å². The predicted octanol–water partition coefficient (Wildman–Crippen LogP) is 0.490. The minimum atomic E-state index is -0.445. The summed E-state index contributed by atoms with van der Waals surface area (Å²) < 4.78 is 9.71. The van der Waals surface area contributed by atoms with Crippen LogP contribution in [0.5, 0.6) is 0 Å². The second-order valence-corrected chi connectivity index (χ2v) is 4.01. The second kappa shape index (κ2) is 4.67. The van der Waals surface area contributed by atoms with Crippen molar-refractivity contribution in [1.82, 2.24) is 4.90 Å². The van der Waals surface area contributed by atoms with Crippen molar-refractivity contribution in [3.05, 3.63) is 23.7 Å². The molecule has 1 saturated heterocycles. The topological polar surface area (TPSA) is 62.9 Å². The minimum absolute atomic E-state index is 0.228. The summed E-state index contributed by atoms with van der Waals surface area (Å²) in [6.07, 6.45) is 1.49. The molecule has 5 heteroatoms. The van der Waals surface area contributed by atoms with Gasteiger partial charge in [0.15, 0.2) is 0 Å². The second-order valence-electron chi connectivity index (χ2n) is 4.01. The van der Waals surface area contributed by atoms with Gasteiger partial charge < -0.3 is 14.3 Å². The zero-order chi connectivity index (χ0) is 11.5. The molecule has 1 aliphatic heterocycles. The monoisotopic (exact) mass is 225 g/mol. The average molecular weight is 225 g/mol. The van der Waals surface area contributed by atoms with Crippen LogP contribution in [0.1, 0.15) is 16.1 Å². The number of furan rings is 1. The number of carbonyl (C=O) groups is 1. The molecule has 0 bridgehead atoms. The molecule has 2 rings (SSSR count). The highest BCUT2D eigenvalue weighted by Crippen LogP contribution is 2.21. The molecule has 0 saturated carbocycles. The molecule has 2 heterocycles. The van der Waals surface area contributed by atoms with Crippen LogP contribution in [0.25, 0.3) is 0 Å². The Morgan fingerprint density at radius 2 is 2.44 bits per heavy atom. The lowest BCUT2D eigenvalue weighted by atomic mass is 10.0. The lowest BCUT2D eigenvalue weighted by Gasteiger charge is -2.38. The first kappa shape index (κ1) is 11.2. The van der Waals surface area contributed by atoms with Crippen LogP contribution in [0.2, 0.25) is 0 Å². The van der Waals surface area contributed by atoms with E-state index in [-0.39, 0.29) is 12.4 Å². The summed E-state index contributed by atoms with van der Waals surface area (Å²) in [7, 11) is 1.33. The summed E-state index contributed by atoms with van der Waals surface area (Å²) in [4.78, 5) is 13.5. The quantitative estimate of drug-likeness (QED) is 0.755. The highest BCUT2D eigenvalue weighted by Gasteiger charge is 2.27. The van der Waals surface area contributed by atoms with E-state index in [1.807, 2.05) is 0 Å². The predicted molar refractivity (Wildman–Crippen MR) is 55.9 cm³/mol. The van der Waals surface area contributed by atoms with Crippen LogP contribution in [0.3, 0.4) is 0 Å². The van der Waals surface area contributed by atoms with E-state index in [0.29, 0.717) is 12.5 Å². The fourth-order valence-electron chi connectivity index (χ4n) is 1.89. The van der Waals surface area contributed by atoms with Gasteiger partial charge in [-0.15, -0.1) is 0 Å². The standard InChI is InChI=1S/C11H15NO4/c1-15-11(14)10-9(2-3-16-10)6-12-4-8(5-12)7-13/h2-3,8,13H,4-7H2,1H3. The third-order valence-corrected chi connectivity index (χ3v) is 2.80. The van der Waals surface area contributed by atoms with Crippen molar-refractivity contribution in [2.75, 3.05) is 26.8 Å². The third kappa shape index (κ3) is 2.10. The molecule has 1 aromatic heterocycles. The Kier molecular flexibility index (Phi) is 3.26. The van der Waals surface area contributed by atoms with E-state index in [2.05, 4.69) is 9.64 Å². The molecule has 0 aliphatic carbocycles. The van der Waals surface area contributed by atoms with Gasteiger partial charge in [-0.05, 0) is 6.07 Å². The Hall–Kier alpha value is -1.33. The smallest absolute Gasteiger partial charge is 0.374 e. The molecule has 0 spiro atoms. The van der Waals surface area contributed by atoms with Crippen LogP contribution in [0.4, 0.5) is 0 Å². The molecule has 0 amide bonds. The summed E-state index contributed by atoms with van der Waals surface area (Å²) in [6, 6.07) is 1.78. The number of esters is 1. The summed E-state index contributed by atoms with van der Waals surface area (Å²) in [5.74, 6) is 0.197. The number of hydrogen-bond acceptors (Lipinski definition) is 5. The fraction of sp³-hybridized carbons (Fsp3) is 0.545. The van der Waals surface area contributed by atoms with Gasteiger partial charge >= 0.3 is 5.97 Å². The zero-order valence-electron chi connectivity index (χ0n) is 9.18. The molecule has 1 N–H and O–H groups in total. The van der Waals surface area contributed by atoms with Crippen LogP contribution in [0.15, 0.2) is 16.7 Å². The number of aliphatic hydroxyl groups excluding tert-OH is 1. The van der Waals surface area contributed by atoms with E-state index in [0.717, 1.165) is 18.7 Å². The SMILES string of the molecule is COC(=O)c1occc1CN1CC(CO)C1. The van der Waals surface area contributed by atoms with Gasteiger partial charge in [-0.1, -0.05) is 0 Å². The number of methoxy groups -OCH3 is 1. The van der Waals surface area contributed by atoms with E-state index in [1.165, 1.54) is 13.4 Å². The van der Waals surface area contributed by atoms with Crippen molar-refractivity contribution in [3.8, 4) is 0 Å². The minimum Gasteiger partial charge on any atom is -0.463 e. The zero-order valence-corrected chi connectivity index (χ0v) is 9.18. The van der Waals surface area contributed by atoms with Crippen LogP contribution >= 0.6 is 0 Å². The molecule has 1 aromatic rings. The first-order chi connectivity index (χ1) is 7.74. The van der Waals surface area contributed by atoms with Crippen molar-refractivity contribution in [3.63, 3.8) is 0 Å². The normalized spacial score (nSPS) is 17.1. The van der Waals surface area contributed by atoms with Gasteiger partial charge in [-0.25, -0.2) is 4.79 Å². The van der Waals surface area contributed by atoms with Crippen molar-refractivity contribution < 1.29 is 19.1 Å². The van der Waals surface area contributed by atoms with Gasteiger partial charge in [0.25, 0.3) is 0 Å². The summed E-state index contributed by atoms with van der Waals surface area (Å²) in [5.41, 5.74) is 0.836. The largest absolute Gasteiger partial charge is 0.463 e. The van der Waals surface area contributed by atoms with Gasteiger partial charge in [-0.2, -0.15) is 0 Å². The first-order valence-electron chi connectivity index (χ1n) is 5.22. The fourth-order valence-corrected chi connectivity index (χ4v) is 1.89. The van der Waals surface area contributed by atoms with Crippen LogP contribution in [-0.4, -0.2) is 42.8 Å². The van der Waals surface area contributed by atoms with Gasteiger partial charge in [-0.3, -0.25) is 4.90 Å². The van der Waals surface area contributed by atoms with Crippen molar-refractivity contribution in [2.45, 2.75) is 6.54 Å². The van der Waals surface area contributed by atoms with Crippen LogP contribution in [0, 0.1) is 5.92 Å². The van der Waals surface area contributed by atoms with Gasteiger partial charge in [0.1, 0.15) is 0 Å². The maximum Gasteiger partial charge on any atom is 0.374 e. The number of nitrogens with zero attached hydrogens (tertiary/aromatic N) is 1. The molecule has 88 valence electrons. The van der Waals surface area contributed by atoms with E-state index in [4.69, 9.17) is 9.52 Å². The van der Waals surface area contributed by atoms with Crippen molar-refractivity contribution in [2.24, 2.45) is 5.92 Å². The molecule has 1 fully saturated rings. The first-order valence-corrected chi connectivity index (χ1v) is 5.22. The Bertz CT molecular complexity index is 368. The Balaban J connectivity index is 1.95. The lowest BCUT2D eigenvalue weighted by Crippen LogP contribution is -2.47. The summed E-state index contributed by atoms with van der Waals surface area (Å²) >= 11 is 0. The van der Waals surface area contributed by atoms with Crippen LogP contribution < -0.4 is 0 Å². The third-order valence-electron chi connectivity index (χ3n) is 2.80. The molecule has 0 radical (unpaired) electrons. The molecular formula is C11H15NO4. The maximum absolute atomic E-state index is 11.3. The number of hydrogen-bond donors (Lipinski definition) is 1. The molecule has 5 nitrogen and oxygen atoms in total. The van der Waals surface area contributed by atoms with E-state index in [9.17, 15) is 4.79 Å². The summed E-state index contributed by atoms with van der Waals surface area (Å²) in [6.45, 7) is 2.62. The maximum atomic E-state index is 11.3.